The number of rotatable bonds is 4. The quantitative estimate of drug-likeness (QED) is 0.333. The summed E-state index contributed by atoms with van der Waals surface area (Å²) in [5.41, 5.74) is 13.4. The monoisotopic (exact) mass is 499 g/mol. The maximum Gasteiger partial charge on any atom is 0.203 e. The Morgan fingerprint density at radius 2 is 1.71 bits per heavy atom. The van der Waals surface area contributed by atoms with Crippen molar-refractivity contribution in [3.05, 3.63) is 106 Å². The second-order valence-electron chi connectivity index (χ2n) is 8.40. The zero-order chi connectivity index (χ0) is 24.1. The number of hydrogen-bond acceptors (Lipinski definition) is 5. The summed E-state index contributed by atoms with van der Waals surface area (Å²) in [5, 5.41) is 14.4. The number of aryl methyl sites for hydroxylation is 1. The number of nitrogens with zero attached hydrogens (tertiary/aromatic N) is 6. The first-order valence-corrected chi connectivity index (χ1v) is 11.7. The molecular weight excluding hydrogens is 481 g/mol. The second kappa shape index (κ2) is 8.37. The summed E-state index contributed by atoms with van der Waals surface area (Å²) in [6.07, 6.45) is 3.69. The lowest BCUT2D eigenvalue weighted by Crippen LogP contribution is -2.09. The van der Waals surface area contributed by atoms with Gasteiger partial charge in [0.15, 0.2) is 0 Å². The first-order chi connectivity index (χ1) is 17.0. The van der Waals surface area contributed by atoms with Gasteiger partial charge in [-0.1, -0.05) is 53.5 Å². The minimum atomic E-state index is -0.0813. The van der Waals surface area contributed by atoms with Crippen LogP contribution in [0.1, 0.15) is 22.7 Å². The molecule has 0 aliphatic heterocycles. The van der Waals surface area contributed by atoms with Crippen molar-refractivity contribution in [2.75, 3.05) is 5.73 Å². The van der Waals surface area contributed by atoms with Gasteiger partial charge in [0.1, 0.15) is 0 Å². The van der Waals surface area contributed by atoms with E-state index in [0.29, 0.717) is 21.4 Å². The Balaban J connectivity index is 1.67. The molecule has 0 saturated heterocycles. The zero-order valence-corrected chi connectivity index (χ0v) is 20.1. The highest BCUT2D eigenvalue weighted by atomic mass is 35.5. The molecule has 0 radical (unpaired) electrons. The zero-order valence-electron chi connectivity index (χ0n) is 18.6. The first kappa shape index (κ1) is 21.6. The number of anilines is 1. The van der Waals surface area contributed by atoms with E-state index in [-0.39, 0.29) is 5.92 Å². The highest BCUT2D eigenvalue weighted by molar-refractivity contribution is 6.31. The molecule has 1 unspecified atom stereocenters. The Bertz CT molecular complexity index is 1700. The molecule has 6 rings (SSSR count). The van der Waals surface area contributed by atoms with E-state index in [4.69, 9.17) is 28.9 Å². The summed E-state index contributed by atoms with van der Waals surface area (Å²) in [4.78, 5) is 4.37. The molecule has 2 N–H and O–H groups in total. The van der Waals surface area contributed by atoms with Crippen molar-refractivity contribution >= 4 is 45.4 Å². The number of aromatic nitrogens is 6. The Morgan fingerprint density at radius 1 is 0.914 bits per heavy atom. The lowest BCUT2D eigenvalue weighted by molar-refractivity contribution is 0.793. The van der Waals surface area contributed by atoms with Gasteiger partial charge in [0.25, 0.3) is 0 Å². The molecular formula is C26H19Cl2N7. The van der Waals surface area contributed by atoms with Crippen molar-refractivity contribution in [1.82, 2.24) is 29.6 Å². The van der Waals surface area contributed by atoms with E-state index in [9.17, 15) is 0 Å². The number of pyridine rings is 1. The molecule has 0 fully saturated rings. The van der Waals surface area contributed by atoms with Crippen LogP contribution in [0, 0.1) is 0 Å². The molecule has 0 aliphatic carbocycles. The van der Waals surface area contributed by atoms with Crippen LogP contribution in [0.4, 0.5) is 5.69 Å². The summed E-state index contributed by atoms with van der Waals surface area (Å²) in [5.74, 6) is -0.0813. The van der Waals surface area contributed by atoms with Gasteiger partial charge in [0, 0.05) is 39.9 Å². The second-order valence-corrected chi connectivity index (χ2v) is 9.28. The highest BCUT2D eigenvalue weighted by Gasteiger charge is 2.23. The van der Waals surface area contributed by atoms with Crippen LogP contribution in [0.15, 0.2) is 79.3 Å². The van der Waals surface area contributed by atoms with Gasteiger partial charge in [0.05, 0.1) is 23.4 Å². The van der Waals surface area contributed by atoms with Gasteiger partial charge in [-0.25, -0.2) is 4.98 Å². The van der Waals surface area contributed by atoms with Crippen LogP contribution >= 0.6 is 23.2 Å². The average Bonchev–Trinajstić information content (AvgIpc) is 3.51. The molecule has 0 bridgehead atoms. The van der Waals surface area contributed by atoms with Crippen molar-refractivity contribution in [3.8, 4) is 11.1 Å². The molecule has 9 heteroatoms. The Labute approximate surface area is 210 Å². The molecule has 172 valence electrons. The van der Waals surface area contributed by atoms with Crippen LogP contribution in [-0.2, 0) is 7.05 Å². The normalized spacial score (nSPS) is 12.4. The number of fused-ring (bicyclic) bond motifs is 3. The number of tetrazole rings is 1. The Kier molecular flexibility index (Phi) is 5.16. The summed E-state index contributed by atoms with van der Waals surface area (Å²) >= 11 is 12.5. The third-order valence-corrected chi connectivity index (χ3v) is 6.78. The van der Waals surface area contributed by atoms with E-state index in [1.807, 2.05) is 72.4 Å². The lowest BCUT2D eigenvalue weighted by Gasteiger charge is -2.21. The number of nitrogens with two attached hydrogens (primary N) is 1. The van der Waals surface area contributed by atoms with E-state index in [1.165, 1.54) is 0 Å². The minimum Gasteiger partial charge on any atom is -0.395 e. The van der Waals surface area contributed by atoms with Gasteiger partial charge < -0.3 is 10.3 Å². The molecule has 6 aromatic rings. The molecule has 7 nitrogen and oxygen atoms in total. The van der Waals surface area contributed by atoms with E-state index < -0.39 is 0 Å². The Morgan fingerprint density at radius 3 is 2.46 bits per heavy atom. The summed E-state index contributed by atoms with van der Waals surface area (Å²) in [6.45, 7) is 0. The third kappa shape index (κ3) is 3.60. The van der Waals surface area contributed by atoms with Crippen molar-refractivity contribution in [2.24, 2.45) is 7.05 Å². The van der Waals surface area contributed by atoms with Crippen LogP contribution in [-0.4, -0.2) is 29.6 Å². The molecule has 35 heavy (non-hydrogen) atoms. The van der Waals surface area contributed by atoms with Crippen molar-refractivity contribution in [3.63, 3.8) is 0 Å². The molecule has 0 saturated carbocycles. The molecule has 0 spiro atoms. The smallest absolute Gasteiger partial charge is 0.203 e. The summed E-state index contributed by atoms with van der Waals surface area (Å²) in [7, 11) is 1.99. The summed E-state index contributed by atoms with van der Waals surface area (Å²) < 4.78 is 3.70. The standard InChI is InChI=1S/C26H19Cl2N7/c1-34-14-30-13-22(34)23(15-5-8-18(27)9-6-15)17-7-10-21-20(12-17)24(16-3-2-4-19(28)11-16)25(29)26-31-32-33-35(21)26/h2-14,23H,29H2,1H3. The number of hydrogen-bond donors (Lipinski definition) is 1. The molecule has 3 aromatic carbocycles. The molecule has 0 aliphatic rings. The minimum absolute atomic E-state index is 0.0813. The van der Waals surface area contributed by atoms with E-state index in [2.05, 4.69) is 32.6 Å². The van der Waals surface area contributed by atoms with Crippen molar-refractivity contribution in [2.45, 2.75) is 5.92 Å². The number of halogens is 2. The van der Waals surface area contributed by atoms with Gasteiger partial charge in [-0.2, -0.15) is 4.52 Å². The summed E-state index contributed by atoms with van der Waals surface area (Å²) in [6, 6.07) is 21.8. The first-order valence-electron chi connectivity index (χ1n) is 10.9. The van der Waals surface area contributed by atoms with Gasteiger partial charge >= 0.3 is 0 Å². The maximum absolute atomic E-state index is 6.65. The fraction of sp³-hybridized carbons (Fsp3) is 0.0769. The predicted molar refractivity (Wildman–Crippen MR) is 139 cm³/mol. The average molecular weight is 500 g/mol. The highest BCUT2D eigenvalue weighted by Crippen LogP contribution is 2.40. The van der Waals surface area contributed by atoms with E-state index >= 15 is 0 Å². The van der Waals surface area contributed by atoms with E-state index in [1.54, 1.807) is 10.8 Å². The van der Waals surface area contributed by atoms with E-state index in [0.717, 1.165) is 38.9 Å². The predicted octanol–water partition coefficient (Wildman–Crippen LogP) is 5.75. The maximum atomic E-state index is 6.65. The van der Waals surface area contributed by atoms with Crippen LogP contribution in [0.2, 0.25) is 10.0 Å². The van der Waals surface area contributed by atoms with Crippen molar-refractivity contribution < 1.29 is 0 Å². The van der Waals surface area contributed by atoms with Gasteiger partial charge in [-0.15, -0.1) is 5.10 Å². The van der Waals surface area contributed by atoms with Crippen LogP contribution in [0.5, 0.6) is 0 Å². The van der Waals surface area contributed by atoms with Crippen LogP contribution < -0.4 is 5.73 Å². The molecule has 3 aromatic heterocycles. The number of benzene rings is 3. The fourth-order valence-electron chi connectivity index (χ4n) is 4.68. The SMILES string of the molecule is Cn1cncc1C(c1ccc(Cl)cc1)c1ccc2c(c1)c(-c1cccc(Cl)c1)c(N)c1nnnn12. The van der Waals surface area contributed by atoms with Crippen molar-refractivity contribution in [1.29, 1.82) is 0 Å². The number of imidazole rings is 1. The van der Waals surface area contributed by atoms with Gasteiger partial charge in [-0.3, -0.25) is 0 Å². The van der Waals surface area contributed by atoms with Gasteiger partial charge in [0.2, 0.25) is 5.65 Å². The largest absolute Gasteiger partial charge is 0.395 e. The van der Waals surface area contributed by atoms with Crippen LogP contribution in [0.25, 0.3) is 27.7 Å². The topological polar surface area (TPSA) is 86.9 Å². The molecule has 0 amide bonds. The third-order valence-electron chi connectivity index (χ3n) is 6.30. The molecule has 1 atom stereocenters. The van der Waals surface area contributed by atoms with Gasteiger partial charge in [-0.05, 0) is 63.5 Å². The lowest BCUT2D eigenvalue weighted by atomic mass is 9.87. The van der Waals surface area contributed by atoms with Crippen LogP contribution in [0.3, 0.4) is 0 Å². The fourth-order valence-corrected chi connectivity index (χ4v) is 5.00. The molecule has 3 heterocycles. The number of nitrogen functional groups attached to an aromatic ring is 1. The Hall–Kier alpha value is -3.94.